The number of hydrogen-bond donors (Lipinski definition) is 1. The van der Waals surface area contributed by atoms with Crippen LogP contribution in [-0.2, 0) is 4.74 Å². The second kappa shape index (κ2) is 5.77. The lowest BCUT2D eigenvalue weighted by Gasteiger charge is -2.60. The molecular formula is C20H36O2. The summed E-state index contributed by atoms with van der Waals surface area (Å²) < 4.78 is 6.76. The summed E-state index contributed by atoms with van der Waals surface area (Å²) in [5.74, 6) is 1.56. The zero-order valence-electron chi connectivity index (χ0n) is 15.2. The summed E-state index contributed by atoms with van der Waals surface area (Å²) in [6.07, 6.45) is 11.4. The lowest BCUT2D eigenvalue weighted by atomic mass is 9.49. The molecule has 3 rings (SSSR count). The number of aliphatic hydroxyl groups is 1. The summed E-state index contributed by atoms with van der Waals surface area (Å²) in [5, 5.41) is 9.76. The third-order valence-electron chi connectivity index (χ3n) is 7.29. The van der Waals surface area contributed by atoms with Gasteiger partial charge in [0.25, 0.3) is 0 Å². The van der Waals surface area contributed by atoms with E-state index in [1.54, 1.807) is 0 Å². The van der Waals surface area contributed by atoms with Gasteiger partial charge in [-0.2, -0.15) is 0 Å². The Kier molecular flexibility index (Phi) is 4.40. The van der Waals surface area contributed by atoms with Crippen LogP contribution in [0, 0.1) is 22.7 Å². The maximum absolute atomic E-state index is 9.76. The molecule has 5 atom stereocenters. The van der Waals surface area contributed by atoms with Crippen molar-refractivity contribution in [2.75, 3.05) is 6.61 Å². The lowest BCUT2D eigenvalue weighted by molar-refractivity contribution is -0.220. The molecular weight excluding hydrogens is 272 g/mol. The molecule has 2 bridgehead atoms. The number of aliphatic hydroxyl groups excluding tert-OH is 1. The average molecular weight is 309 g/mol. The van der Waals surface area contributed by atoms with Crippen LogP contribution < -0.4 is 0 Å². The van der Waals surface area contributed by atoms with Crippen molar-refractivity contribution in [3.63, 3.8) is 0 Å². The highest BCUT2D eigenvalue weighted by molar-refractivity contribution is 5.11. The van der Waals surface area contributed by atoms with Crippen molar-refractivity contribution < 1.29 is 9.84 Å². The maximum Gasteiger partial charge on any atom is 0.0813 e. The largest absolute Gasteiger partial charge is 0.394 e. The first-order valence-corrected chi connectivity index (χ1v) is 9.63. The number of rotatable bonds is 5. The Labute approximate surface area is 137 Å². The van der Waals surface area contributed by atoms with Crippen molar-refractivity contribution in [2.45, 2.75) is 97.2 Å². The molecule has 2 nitrogen and oxygen atoms in total. The van der Waals surface area contributed by atoms with Crippen LogP contribution in [0.2, 0.25) is 0 Å². The van der Waals surface area contributed by atoms with Crippen molar-refractivity contribution in [3.05, 3.63) is 0 Å². The van der Waals surface area contributed by atoms with Gasteiger partial charge in [-0.25, -0.2) is 0 Å². The Morgan fingerprint density at radius 2 is 1.91 bits per heavy atom. The van der Waals surface area contributed by atoms with Crippen LogP contribution in [0.3, 0.4) is 0 Å². The summed E-state index contributed by atoms with van der Waals surface area (Å²) in [5.41, 5.74) is 1.03. The van der Waals surface area contributed by atoms with E-state index in [4.69, 9.17) is 4.74 Å². The molecule has 0 heterocycles. The van der Waals surface area contributed by atoms with Gasteiger partial charge < -0.3 is 9.84 Å². The quantitative estimate of drug-likeness (QED) is 0.779. The van der Waals surface area contributed by atoms with Crippen LogP contribution in [0.15, 0.2) is 0 Å². The molecule has 0 aromatic rings. The van der Waals surface area contributed by atoms with E-state index in [-0.39, 0.29) is 18.3 Å². The highest BCUT2D eigenvalue weighted by atomic mass is 16.5. The zero-order valence-corrected chi connectivity index (χ0v) is 15.2. The summed E-state index contributed by atoms with van der Waals surface area (Å²) in [6, 6.07) is 0. The predicted octanol–water partition coefficient (Wildman–Crippen LogP) is 4.94. The lowest BCUT2D eigenvalue weighted by Crippen LogP contribution is -2.58. The minimum absolute atomic E-state index is 0.0508. The molecule has 3 saturated carbocycles. The van der Waals surface area contributed by atoms with Crippen LogP contribution in [0.4, 0.5) is 0 Å². The van der Waals surface area contributed by atoms with E-state index in [2.05, 4.69) is 27.7 Å². The van der Waals surface area contributed by atoms with Crippen LogP contribution in [0.5, 0.6) is 0 Å². The first-order chi connectivity index (χ1) is 10.3. The number of hydrogen-bond acceptors (Lipinski definition) is 2. The second-order valence-electron chi connectivity index (χ2n) is 9.56. The second-order valence-corrected chi connectivity index (χ2v) is 9.56. The van der Waals surface area contributed by atoms with Crippen molar-refractivity contribution in [1.29, 1.82) is 0 Å². The Morgan fingerprint density at radius 3 is 2.55 bits per heavy atom. The highest BCUT2D eigenvalue weighted by Gasteiger charge is 2.61. The van der Waals surface area contributed by atoms with E-state index in [0.717, 1.165) is 24.7 Å². The van der Waals surface area contributed by atoms with Gasteiger partial charge in [-0.3, -0.25) is 0 Å². The average Bonchev–Trinajstić information content (AvgIpc) is 2.50. The van der Waals surface area contributed by atoms with Crippen LogP contribution >= 0.6 is 0 Å². The molecule has 2 heteroatoms. The fourth-order valence-electron chi connectivity index (χ4n) is 6.17. The Bertz CT molecular complexity index is 405. The topological polar surface area (TPSA) is 29.5 Å². The zero-order chi connectivity index (χ0) is 16.0. The Hall–Kier alpha value is -0.0800. The van der Waals surface area contributed by atoms with E-state index in [0.29, 0.717) is 10.8 Å². The SMILES string of the molecule is CCCC(CO)OC12CCCC(C)(CCC3C1CC3(C)C)C2. The molecule has 1 N–H and O–H groups in total. The van der Waals surface area contributed by atoms with E-state index < -0.39 is 0 Å². The van der Waals surface area contributed by atoms with Gasteiger partial charge in [0, 0.05) is 0 Å². The van der Waals surface area contributed by atoms with Crippen LogP contribution in [-0.4, -0.2) is 23.4 Å². The van der Waals surface area contributed by atoms with Crippen molar-refractivity contribution >= 4 is 0 Å². The molecule has 3 aliphatic rings. The molecule has 0 radical (unpaired) electrons. The smallest absolute Gasteiger partial charge is 0.0813 e. The minimum atomic E-state index is 0.0508. The monoisotopic (exact) mass is 308 g/mol. The first-order valence-electron chi connectivity index (χ1n) is 9.63. The summed E-state index contributed by atoms with van der Waals surface area (Å²) >= 11 is 0. The molecule has 22 heavy (non-hydrogen) atoms. The normalized spacial score (nSPS) is 44.6. The molecule has 0 aromatic carbocycles. The summed E-state index contributed by atoms with van der Waals surface area (Å²) in [4.78, 5) is 0. The van der Waals surface area contributed by atoms with Crippen molar-refractivity contribution in [2.24, 2.45) is 22.7 Å². The maximum atomic E-state index is 9.76. The minimum Gasteiger partial charge on any atom is -0.394 e. The van der Waals surface area contributed by atoms with Gasteiger partial charge in [0.15, 0.2) is 0 Å². The predicted molar refractivity (Wildman–Crippen MR) is 90.8 cm³/mol. The molecule has 0 aliphatic heterocycles. The van der Waals surface area contributed by atoms with E-state index in [1.807, 2.05) is 0 Å². The third-order valence-corrected chi connectivity index (χ3v) is 7.29. The van der Waals surface area contributed by atoms with Gasteiger partial charge in [-0.05, 0) is 67.6 Å². The summed E-state index contributed by atoms with van der Waals surface area (Å²) in [6.45, 7) is 9.78. The van der Waals surface area contributed by atoms with E-state index in [9.17, 15) is 5.11 Å². The Morgan fingerprint density at radius 1 is 1.14 bits per heavy atom. The molecule has 128 valence electrons. The molecule has 0 amide bonds. The number of fused-ring (bicyclic) bond motifs is 4. The fourth-order valence-corrected chi connectivity index (χ4v) is 6.17. The van der Waals surface area contributed by atoms with Gasteiger partial charge in [0.2, 0.25) is 0 Å². The molecule has 3 aliphatic carbocycles. The molecule has 3 fully saturated rings. The third kappa shape index (κ3) is 2.75. The molecule has 0 saturated heterocycles. The summed E-state index contributed by atoms with van der Waals surface area (Å²) in [7, 11) is 0. The standard InChI is InChI=1S/C20H36O2/c1-5-7-15(13-21)22-20-10-6-9-19(4,14-20)11-8-16-17(20)12-18(16,2)3/h15-17,21H,5-14H2,1-4H3. The van der Waals surface area contributed by atoms with Gasteiger partial charge >= 0.3 is 0 Å². The molecule has 0 spiro atoms. The molecule has 5 unspecified atom stereocenters. The van der Waals surface area contributed by atoms with Gasteiger partial charge in [0.1, 0.15) is 0 Å². The van der Waals surface area contributed by atoms with Crippen LogP contribution in [0.25, 0.3) is 0 Å². The number of ether oxygens (including phenoxy) is 1. The van der Waals surface area contributed by atoms with Gasteiger partial charge in [-0.15, -0.1) is 0 Å². The van der Waals surface area contributed by atoms with Crippen molar-refractivity contribution in [1.82, 2.24) is 0 Å². The van der Waals surface area contributed by atoms with Gasteiger partial charge in [0.05, 0.1) is 18.3 Å². The van der Waals surface area contributed by atoms with Crippen LogP contribution in [0.1, 0.15) is 85.5 Å². The highest BCUT2D eigenvalue weighted by Crippen LogP contribution is 2.66. The fraction of sp³-hybridized carbons (Fsp3) is 1.00. The first kappa shape index (κ1) is 16.8. The van der Waals surface area contributed by atoms with E-state index >= 15 is 0 Å². The van der Waals surface area contributed by atoms with Gasteiger partial charge in [-0.1, -0.05) is 40.5 Å². The van der Waals surface area contributed by atoms with E-state index in [1.165, 1.54) is 44.9 Å². The van der Waals surface area contributed by atoms with Crippen molar-refractivity contribution in [3.8, 4) is 0 Å². The molecule has 0 aromatic heterocycles. The Balaban J connectivity index is 1.87.